The molecule has 0 fully saturated rings. The van der Waals surface area contributed by atoms with Gasteiger partial charge in [-0.25, -0.2) is 4.98 Å². The Hall–Kier alpha value is -2.90. The third kappa shape index (κ3) is 3.33. The minimum atomic E-state index is -1.21. The van der Waals surface area contributed by atoms with Crippen molar-refractivity contribution >= 4 is 28.3 Å². The fraction of sp³-hybridized carbons (Fsp3) is 0.118. The molecule has 128 valence electrons. The normalized spacial score (nSPS) is 13.0. The van der Waals surface area contributed by atoms with Gasteiger partial charge in [0.2, 0.25) is 0 Å². The highest BCUT2D eigenvalue weighted by Gasteiger charge is 2.22. The molecule has 3 rings (SSSR count). The van der Waals surface area contributed by atoms with E-state index < -0.39 is 11.7 Å². The van der Waals surface area contributed by atoms with E-state index in [1.54, 1.807) is 49.6 Å². The van der Waals surface area contributed by atoms with Gasteiger partial charge in [-0.2, -0.15) is 5.10 Å². The van der Waals surface area contributed by atoms with Crippen molar-refractivity contribution in [2.75, 3.05) is 7.11 Å². The number of hydrogen-bond acceptors (Lipinski definition) is 6. The monoisotopic (exact) mass is 358 g/mol. The molecule has 2 aromatic carbocycles. The summed E-state index contributed by atoms with van der Waals surface area (Å²) in [6, 6.07) is 11.6. The zero-order valence-electron chi connectivity index (χ0n) is 13.2. The number of aromatic amines is 1. The molecular formula is C17H15ClN4O3. The molecule has 1 atom stereocenters. The number of nitrogens with one attached hydrogen (secondary N) is 1. The zero-order valence-corrected chi connectivity index (χ0v) is 14.0. The number of H-pyrrole nitrogens is 1. The third-order valence-electron chi connectivity index (χ3n) is 3.73. The van der Waals surface area contributed by atoms with E-state index in [1.165, 1.54) is 0 Å². The van der Waals surface area contributed by atoms with Crippen molar-refractivity contribution in [3.8, 4) is 5.75 Å². The number of hydrogen-bond donors (Lipinski definition) is 3. The average molecular weight is 359 g/mol. The molecule has 0 aliphatic heterocycles. The van der Waals surface area contributed by atoms with Crippen LogP contribution < -0.4 is 16.1 Å². The molecule has 0 unspecified atom stereocenters. The van der Waals surface area contributed by atoms with E-state index in [-0.39, 0.29) is 11.4 Å². The van der Waals surface area contributed by atoms with Crippen molar-refractivity contribution in [3.63, 3.8) is 0 Å². The summed E-state index contributed by atoms with van der Waals surface area (Å²) in [4.78, 5) is 19.3. The van der Waals surface area contributed by atoms with Crippen LogP contribution in [0.5, 0.6) is 5.75 Å². The molecule has 0 spiro atoms. The molecule has 1 aromatic heterocycles. The first-order valence-corrected chi connectivity index (χ1v) is 7.71. The largest absolute Gasteiger partial charge is 0.497 e. The van der Waals surface area contributed by atoms with Crippen LogP contribution in [0.3, 0.4) is 0 Å². The standard InChI is InChI=1S/C17H15ClN4O3/c1-25-11-5-2-9(3-6-11)16(23)14(22-19)15-17(24)21-13-8-10(18)4-7-12(13)20-15/h2-8,16,23H,19H2,1H3,(H,21,24)/b22-14+/t16-/m1/s1. The fourth-order valence-corrected chi connectivity index (χ4v) is 2.61. The van der Waals surface area contributed by atoms with E-state index in [4.69, 9.17) is 22.2 Å². The molecule has 7 nitrogen and oxygen atoms in total. The number of halogens is 1. The Morgan fingerprint density at radius 3 is 2.68 bits per heavy atom. The van der Waals surface area contributed by atoms with Gasteiger partial charge < -0.3 is 20.7 Å². The molecule has 0 bridgehead atoms. The molecule has 0 radical (unpaired) electrons. The minimum absolute atomic E-state index is 0.0386. The second kappa shape index (κ2) is 6.92. The topological polar surface area (TPSA) is 114 Å². The summed E-state index contributed by atoms with van der Waals surface area (Å²) in [5.41, 5.74) is 0.872. The first kappa shape index (κ1) is 16.9. The van der Waals surface area contributed by atoms with Crippen LogP contribution in [0.25, 0.3) is 11.0 Å². The molecule has 1 heterocycles. The van der Waals surface area contributed by atoms with E-state index in [1.807, 2.05) is 0 Å². The maximum atomic E-state index is 12.4. The zero-order chi connectivity index (χ0) is 18.0. The van der Waals surface area contributed by atoms with Gasteiger partial charge in [0.15, 0.2) is 5.69 Å². The van der Waals surface area contributed by atoms with Gasteiger partial charge in [0.1, 0.15) is 17.6 Å². The molecule has 3 aromatic rings. The maximum Gasteiger partial charge on any atom is 0.276 e. The Labute approximate surface area is 147 Å². The van der Waals surface area contributed by atoms with Gasteiger partial charge >= 0.3 is 0 Å². The van der Waals surface area contributed by atoms with E-state index in [9.17, 15) is 9.90 Å². The van der Waals surface area contributed by atoms with Crippen LogP contribution in [0.1, 0.15) is 17.4 Å². The van der Waals surface area contributed by atoms with Crippen molar-refractivity contribution in [2.45, 2.75) is 6.10 Å². The molecule has 25 heavy (non-hydrogen) atoms. The highest BCUT2D eigenvalue weighted by Crippen LogP contribution is 2.21. The summed E-state index contributed by atoms with van der Waals surface area (Å²) in [5, 5.41) is 14.6. The number of aromatic nitrogens is 2. The highest BCUT2D eigenvalue weighted by atomic mass is 35.5. The van der Waals surface area contributed by atoms with Crippen molar-refractivity contribution in [2.24, 2.45) is 10.9 Å². The van der Waals surface area contributed by atoms with Crippen molar-refractivity contribution in [1.29, 1.82) is 0 Å². The van der Waals surface area contributed by atoms with Gasteiger partial charge in [0.25, 0.3) is 5.56 Å². The maximum absolute atomic E-state index is 12.4. The van der Waals surface area contributed by atoms with Crippen LogP contribution in [-0.2, 0) is 0 Å². The van der Waals surface area contributed by atoms with Crippen LogP contribution in [0.15, 0.2) is 52.4 Å². The lowest BCUT2D eigenvalue weighted by molar-refractivity contribution is 0.247. The Kier molecular flexibility index (Phi) is 4.69. The van der Waals surface area contributed by atoms with E-state index >= 15 is 0 Å². The average Bonchev–Trinajstić information content (AvgIpc) is 2.62. The number of fused-ring (bicyclic) bond motifs is 1. The number of ether oxygens (including phenoxy) is 1. The van der Waals surface area contributed by atoms with E-state index in [0.29, 0.717) is 27.4 Å². The van der Waals surface area contributed by atoms with Crippen LogP contribution >= 0.6 is 11.6 Å². The number of aliphatic hydroxyl groups excluding tert-OH is 1. The van der Waals surface area contributed by atoms with Gasteiger partial charge in [-0.3, -0.25) is 4.79 Å². The predicted molar refractivity (Wildman–Crippen MR) is 96.1 cm³/mol. The first-order valence-electron chi connectivity index (χ1n) is 7.33. The van der Waals surface area contributed by atoms with Gasteiger partial charge in [0, 0.05) is 5.02 Å². The quantitative estimate of drug-likeness (QED) is 0.375. The third-order valence-corrected chi connectivity index (χ3v) is 3.96. The summed E-state index contributed by atoms with van der Waals surface area (Å²) < 4.78 is 5.08. The lowest BCUT2D eigenvalue weighted by atomic mass is 10.0. The summed E-state index contributed by atoms with van der Waals surface area (Å²) in [6.07, 6.45) is -1.21. The smallest absolute Gasteiger partial charge is 0.276 e. The fourth-order valence-electron chi connectivity index (χ4n) is 2.44. The summed E-state index contributed by atoms with van der Waals surface area (Å²) in [6.45, 7) is 0. The van der Waals surface area contributed by atoms with Gasteiger partial charge in [0.05, 0.1) is 18.1 Å². The molecule has 0 aliphatic carbocycles. The number of benzene rings is 2. The van der Waals surface area contributed by atoms with Crippen molar-refractivity contribution < 1.29 is 9.84 Å². The minimum Gasteiger partial charge on any atom is -0.497 e. The number of nitrogens with zero attached hydrogens (tertiary/aromatic N) is 2. The molecule has 0 saturated heterocycles. The molecule has 0 saturated carbocycles. The van der Waals surface area contributed by atoms with Crippen LogP contribution in [-0.4, -0.2) is 27.9 Å². The molecule has 0 aliphatic rings. The summed E-state index contributed by atoms with van der Waals surface area (Å²) >= 11 is 5.91. The first-order chi connectivity index (χ1) is 12.0. The van der Waals surface area contributed by atoms with Gasteiger partial charge in [-0.1, -0.05) is 23.7 Å². The number of rotatable bonds is 4. The Bertz CT molecular complexity index is 999. The SMILES string of the molecule is COc1ccc([C@@H](O)/C(=N/N)c2nc3ccc(Cl)cc3[nH]c2=O)cc1. The van der Waals surface area contributed by atoms with Gasteiger partial charge in [-0.15, -0.1) is 0 Å². The lowest BCUT2D eigenvalue weighted by Gasteiger charge is -2.13. The van der Waals surface area contributed by atoms with Crippen molar-refractivity contribution in [1.82, 2.24) is 9.97 Å². The molecule has 0 amide bonds. The molecule has 8 heteroatoms. The Morgan fingerprint density at radius 2 is 2.04 bits per heavy atom. The number of hydrazone groups is 1. The number of nitrogens with two attached hydrogens (primary N) is 1. The van der Waals surface area contributed by atoms with Crippen LogP contribution in [0, 0.1) is 0 Å². The van der Waals surface area contributed by atoms with Crippen LogP contribution in [0.2, 0.25) is 5.02 Å². The number of methoxy groups -OCH3 is 1. The summed E-state index contributed by atoms with van der Waals surface area (Å²) in [7, 11) is 1.54. The van der Waals surface area contributed by atoms with Crippen LogP contribution in [0.4, 0.5) is 0 Å². The Morgan fingerprint density at radius 1 is 1.32 bits per heavy atom. The lowest BCUT2D eigenvalue weighted by Crippen LogP contribution is -2.26. The number of aliphatic hydroxyl groups is 1. The molecular weight excluding hydrogens is 344 g/mol. The molecule has 4 N–H and O–H groups in total. The van der Waals surface area contributed by atoms with Gasteiger partial charge in [-0.05, 0) is 35.9 Å². The highest BCUT2D eigenvalue weighted by molar-refractivity contribution is 6.31. The van der Waals surface area contributed by atoms with E-state index in [2.05, 4.69) is 15.1 Å². The van der Waals surface area contributed by atoms with E-state index in [0.717, 1.165) is 0 Å². The predicted octanol–water partition coefficient (Wildman–Crippen LogP) is 1.98. The summed E-state index contributed by atoms with van der Waals surface area (Å²) in [5.74, 6) is 6.07. The Balaban J connectivity index is 2.05. The second-order valence-electron chi connectivity index (χ2n) is 5.27. The van der Waals surface area contributed by atoms with Crippen molar-refractivity contribution in [3.05, 3.63) is 69.1 Å². The second-order valence-corrected chi connectivity index (χ2v) is 5.70.